The molecule has 11 heavy (non-hydrogen) atoms. The molecule has 0 aromatic heterocycles. The quantitative estimate of drug-likeness (QED) is 0.476. The van der Waals surface area contributed by atoms with E-state index in [9.17, 15) is 5.11 Å². The summed E-state index contributed by atoms with van der Waals surface area (Å²) in [5.74, 6) is 2.37. The zero-order chi connectivity index (χ0) is 8.74. The van der Waals surface area contributed by atoms with E-state index in [4.69, 9.17) is 6.42 Å². The molecule has 0 bridgehead atoms. The lowest BCUT2D eigenvalue weighted by Gasteiger charge is -2.14. The van der Waals surface area contributed by atoms with Gasteiger partial charge in [-0.05, 0) is 19.8 Å². The van der Waals surface area contributed by atoms with Gasteiger partial charge in [0.15, 0.2) is 0 Å². The molecule has 0 radical (unpaired) electrons. The second-order valence-corrected chi connectivity index (χ2v) is 3.23. The summed E-state index contributed by atoms with van der Waals surface area (Å²) in [6.45, 7) is 3.86. The van der Waals surface area contributed by atoms with Gasteiger partial charge in [0.05, 0.1) is 0 Å². The molecule has 0 unspecified atom stereocenters. The van der Waals surface area contributed by atoms with Crippen LogP contribution in [-0.2, 0) is 0 Å². The van der Waals surface area contributed by atoms with Crippen LogP contribution in [0.1, 0.15) is 46.0 Å². The molecule has 0 saturated heterocycles. The Kier molecular flexibility index (Phi) is 4.98. The Morgan fingerprint density at radius 2 is 2.00 bits per heavy atom. The van der Waals surface area contributed by atoms with Crippen molar-refractivity contribution in [2.24, 2.45) is 0 Å². The molecule has 0 amide bonds. The lowest BCUT2D eigenvalue weighted by molar-refractivity contribution is 0.109. The average Bonchev–Trinajstić information content (AvgIpc) is 1.99. The molecule has 0 aromatic rings. The van der Waals surface area contributed by atoms with Crippen LogP contribution in [0.25, 0.3) is 0 Å². The fourth-order valence-corrected chi connectivity index (χ4v) is 0.968. The van der Waals surface area contributed by atoms with E-state index < -0.39 is 5.60 Å². The third-order valence-corrected chi connectivity index (χ3v) is 1.83. The molecular weight excluding hydrogens is 136 g/mol. The van der Waals surface area contributed by atoms with Crippen LogP contribution in [0.5, 0.6) is 0 Å². The Hall–Kier alpha value is -0.480. The van der Waals surface area contributed by atoms with Gasteiger partial charge in [-0.1, -0.05) is 32.1 Å². The molecule has 0 saturated carbocycles. The lowest BCUT2D eigenvalue weighted by Crippen LogP contribution is -2.20. The molecule has 0 aliphatic rings. The van der Waals surface area contributed by atoms with Gasteiger partial charge in [0.25, 0.3) is 0 Å². The second-order valence-electron chi connectivity index (χ2n) is 3.23. The third-order valence-electron chi connectivity index (χ3n) is 1.83. The number of hydrogen-bond donors (Lipinski definition) is 1. The number of unbranched alkanes of at least 4 members (excludes halogenated alkanes) is 3. The van der Waals surface area contributed by atoms with Gasteiger partial charge in [-0.3, -0.25) is 0 Å². The molecule has 64 valence electrons. The highest BCUT2D eigenvalue weighted by Crippen LogP contribution is 2.13. The van der Waals surface area contributed by atoms with Crippen LogP contribution in [-0.4, -0.2) is 10.7 Å². The summed E-state index contributed by atoms with van der Waals surface area (Å²) >= 11 is 0. The van der Waals surface area contributed by atoms with Crippen LogP contribution >= 0.6 is 0 Å². The largest absolute Gasteiger partial charge is 0.378 e. The van der Waals surface area contributed by atoms with Crippen LogP contribution in [0.15, 0.2) is 0 Å². The van der Waals surface area contributed by atoms with E-state index in [0.29, 0.717) is 0 Å². The maximum Gasteiger partial charge on any atom is 0.122 e. The highest BCUT2D eigenvalue weighted by molar-refractivity contribution is 5.03. The molecule has 0 spiro atoms. The monoisotopic (exact) mass is 154 g/mol. The summed E-state index contributed by atoms with van der Waals surface area (Å²) in [5, 5.41) is 9.39. The van der Waals surface area contributed by atoms with Crippen molar-refractivity contribution in [2.45, 2.75) is 51.6 Å². The average molecular weight is 154 g/mol. The Balaban J connectivity index is 3.32. The van der Waals surface area contributed by atoms with Gasteiger partial charge < -0.3 is 5.11 Å². The summed E-state index contributed by atoms with van der Waals surface area (Å²) in [4.78, 5) is 0. The van der Waals surface area contributed by atoms with E-state index in [-0.39, 0.29) is 0 Å². The van der Waals surface area contributed by atoms with Crippen molar-refractivity contribution >= 4 is 0 Å². The number of hydrogen-bond acceptors (Lipinski definition) is 1. The number of rotatable bonds is 5. The second kappa shape index (κ2) is 5.21. The van der Waals surface area contributed by atoms with Crippen molar-refractivity contribution in [3.05, 3.63) is 0 Å². The smallest absolute Gasteiger partial charge is 0.122 e. The first-order valence-electron chi connectivity index (χ1n) is 4.32. The minimum atomic E-state index is -0.881. The van der Waals surface area contributed by atoms with E-state index in [1.165, 1.54) is 19.3 Å². The Bertz CT molecular complexity index is 130. The zero-order valence-corrected chi connectivity index (χ0v) is 7.56. The predicted molar refractivity (Wildman–Crippen MR) is 48.2 cm³/mol. The number of aliphatic hydroxyl groups is 1. The van der Waals surface area contributed by atoms with Crippen LogP contribution in [0.2, 0.25) is 0 Å². The van der Waals surface area contributed by atoms with Crippen LogP contribution in [0, 0.1) is 12.3 Å². The Morgan fingerprint density at radius 1 is 1.36 bits per heavy atom. The summed E-state index contributed by atoms with van der Waals surface area (Å²) < 4.78 is 0. The first-order chi connectivity index (χ1) is 5.12. The SMILES string of the molecule is C#C[C@](C)(O)CCCCCC. The van der Waals surface area contributed by atoms with Gasteiger partial charge in [-0.2, -0.15) is 0 Å². The van der Waals surface area contributed by atoms with Gasteiger partial charge in [-0.15, -0.1) is 6.42 Å². The van der Waals surface area contributed by atoms with Gasteiger partial charge in [-0.25, -0.2) is 0 Å². The summed E-state index contributed by atoms with van der Waals surface area (Å²) in [7, 11) is 0. The predicted octanol–water partition coefficient (Wildman–Crippen LogP) is 2.34. The van der Waals surface area contributed by atoms with Gasteiger partial charge >= 0.3 is 0 Å². The minimum Gasteiger partial charge on any atom is -0.378 e. The fraction of sp³-hybridized carbons (Fsp3) is 0.800. The summed E-state index contributed by atoms with van der Waals surface area (Å²) in [6.07, 6.45) is 10.5. The molecule has 1 nitrogen and oxygen atoms in total. The van der Waals surface area contributed by atoms with E-state index in [2.05, 4.69) is 12.8 Å². The van der Waals surface area contributed by atoms with Crippen LogP contribution in [0.4, 0.5) is 0 Å². The molecule has 0 aliphatic heterocycles. The molecule has 0 aromatic carbocycles. The summed E-state index contributed by atoms with van der Waals surface area (Å²) in [5.41, 5.74) is -0.881. The van der Waals surface area contributed by atoms with E-state index in [0.717, 1.165) is 12.8 Å². The van der Waals surface area contributed by atoms with E-state index in [1.807, 2.05) is 0 Å². The molecule has 0 fully saturated rings. The molecule has 0 aliphatic carbocycles. The fourth-order valence-electron chi connectivity index (χ4n) is 0.968. The van der Waals surface area contributed by atoms with Crippen molar-refractivity contribution in [1.29, 1.82) is 0 Å². The molecular formula is C10H18O. The molecule has 1 heteroatoms. The van der Waals surface area contributed by atoms with Crippen LogP contribution < -0.4 is 0 Å². The van der Waals surface area contributed by atoms with Gasteiger partial charge in [0, 0.05) is 0 Å². The van der Waals surface area contributed by atoms with Gasteiger partial charge in [0.2, 0.25) is 0 Å². The minimum absolute atomic E-state index is 0.726. The van der Waals surface area contributed by atoms with Crippen molar-refractivity contribution in [1.82, 2.24) is 0 Å². The van der Waals surface area contributed by atoms with E-state index in [1.54, 1.807) is 6.92 Å². The number of terminal acetylenes is 1. The molecule has 0 rings (SSSR count). The highest BCUT2D eigenvalue weighted by atomic mass is 16.3. The molecule has 1 atom stereocenters. The summed E-state index contributed by atoms with van der Waals surface area (Å²) in [6, 6.07) is 0. The molecule has 0 heterocycles. The van der Waals surface area contributed by atoms with Crippen molar-refractivity contribution in [3.63, 3.8) is 0 Å². The van der Waals surface area contributed by atoms with Gasteiger partial charge in [0.1, 0.15) is 5.60 Å². The lowest BCUT2D eigenvalue weighted by atomic mass is 9.99. The Labute approximate surface area is 69.8 Å². The van der Waals surface area contributed by atoms with Crippen molar-refractivity contribution in [3.8, 4) is 12.3 Å². The topological polar surface area (TPSA) is 20.2 Å². The van der Waals surface area contributed by atoms with Crippen molar-refractivity contribution in [2.75, 3.05) is 0 Å². The molecule has 1 N–H and O–H groups in total. The first kappa shape index (κ1) is 10.5. The maximum atomic E-state index is 9.39. The van der Waals surface area contributed by atoms with E-state index >= 15 is 0 Å². The highest BCUT2D eigenvalue weighted by Gasteiger charge is 2.14. The standard InChI is InChI=1S/C10H18O/c1-4-6-7-8-9-10(3,11)5-2/h2,11H,4,6-9H2,1,3H3/t10-/m0/s1. The Morgan fingerprint density at radius 3 is 2.45 bits per heavy atom. The third kappa shape index (κ3) is 5.94. The van der Waals surface area contributed by atoms with Crippen molar-refractivity contribution < 1.29 is 5.11 Å². The van der Waals surface area contributed by atoms with Crippen LogP contribution in [0.3, 0.4) is 0 Å². The first-order valence-corrected chi connectivity index (χ1v) is 4.32. The maximum absolute atomic E-state index is 9.39. The zero-order valence-electron chi connectivity index (χ0n) is 7.56. The normalized spacial score (nSPS) is 15.5.